The summed E-state index contributed by atoms with van der Waals surface area (Å²) in [4.78, 5) is 39.9. The van der Waals surface area contributed by atoms with Gasteiger partial charge in [-0.2, -0.15) is 0 Å². The van der Waals surface area contributed by atoms with Crippen LogP contribution < -0.4 is 15.5 Å². The molecule has 8 nitrogen and oxygen atoms in total. The molecule has 0 atom stereocenters. The third-order valence-electron chi connectivity index (χ3n) is 5.28. The van der Waals surface area contributed by atoms with E-state index in [-0.39, 0.29) is 23.1 Å². The van der Waals surface area contributed by atoms with Gasteiger partial charge in [0.1, 0.15) is 5.70 Å². The van der Waals surface area contributed by atoms with E-state index in [1.165, 1.54) is 20.3 Å². The Bertz CT molecular complexity index is 909. The van der Waals surface area contributed by atoms with Crippen molar-refractivity contribution in [3.63, 3.8) is 0 Å². The number of piperidine rings is 1. The number of amides is 1. The highest BCUT2D eigenvalue weighted by molar-refractivity contribution is 6.05. The largest absolute Gasteiger partial charge is 0.465 e. The third-order valence-corrected chi connectivity index (χ3v) is 5.28. The van der Waals surface area contributed by atoms with Gasteiger partial charge in [0.2, 0.25) is 5.91 Å². The molecule has 1 fully saturated rings. The Kier molecular flexibility index (Phi) is 6.56. The number of benzene rings is 1. The van der Waals surface area contributed by atoms with E-state index in [0.717, 1.165) is 31.6 Å². The normalized spacial score (nSPS) is 17.0. The van der Waals surface area contributed by atoms with Crippen LogP contribution in [0.25, 0.3) is 0 Å². The number of rotatable bonds is 5. The maximum atomic E-state index is 12.5. The molecule has 2 aliphatic heterocycles. The van der Waals surface area contributed by atoms with Crippen molar-refractivity contribution < 1.29 is 23.9 Å². The SMILES string of the molecule is COC(=O)C1=C(C(=O)OC)N(c2ccc(N3CCC(C(N)=O)CC3)cc2)C=CC=C1. The van der Waals surface area contributed by atoms with Gasteiger partial charge in [0, 0.05) is 36.6 Å². The van der Waals surface area contributed by atoms with Crippen LogP contribution in [0, 0.1) is 5.92 Å². The van der Waals surface area contributed by atoms with Crippen molar-refractivity contribution in [2.45, 2.75) is 12.8 Å². The lowest BCUT2D eigenvalue weighted by molar-refractivity contribution is -0.139. The van der Waals surface area contributed by atoms with Crippen LogP contribution in [0.2, 0.25) is 0 Å². The second kappa shape index (κ2) is 9.30. The molecule has 1 aromatic rings. The Hall–Kier alpha value is -3.55. The van der Waals surface area contributed by atoms with Gasteiger partial charge in [-0.15, -0.1) is 0 Å². The van der Waals surface area contributed by atoms with Gasteiger partial charge in [0.15, 0.2) is 0 Å². The van der Waals surface area contributed by atoms with Crippen molar-refractivity contribution in [1.82, 2.24) is 0 Å². The predicted octanol–water partition coefficient (Wildman–Crippen LogP) is 1.88. The average Bonchev–Trinajstić information content (AvgIpc) is 3.01. The Labute approximate surface area is 175 Å². The summed E-state index contributed by atoms with van der Waals surface area (Å²) in [5.41, 5.74) is 7.28. The molecule has 1 saturated heterocycles. The maximum absolute atomic E-state index is 12.5. The lowest BCUT2D eigenvalue weighted by Gasteiger charge is -2.32. The molecule has 1 aromatic carbocycles. The molecule has 0 radical (unpaired) electrons. The van der Waals surface area contributed by atoms with Crippen molar-refractivity contribution in [2.24, 2.45) is 11.7 Å². The van der Waals surface area contributed by atoms with Gasteiger partial charge >= 0.3 is 11.9 Å². The average molecular weight is 411 g/mol. The van der Waals surface area contributed by atoms with E-state index >= 15 is 0 Å². The van der Waals surface area contributed by atoms with E-state index in [0.29, 0.717) is 5.69 Å². The molecule has 30 heavy (non-hydrogen) atoms. The third kappa shape index (κ3) is 4.37. The number of nitrogens with two attached hydrogens (primary N) is 1. The molecule has 1 amide bonds. The molecule has 2 heterocycles. The van der Waals surface area contributed by atoms with E-state index in [9.17, 15) is 14.4 Å². The Balaban J connectivity index is 1.88. The number of primary amides is 1. The van der Waals surface area contributed by atoms with Gasteiger partial charge in [-0.25, -0.2) is 9.59 Å². The Morgan fingerprint density at radius 1 is 0.933 bits per heavy atom. The fourth-order valence-electron chi connectivity index (χ4n) is 3.61. The number of carbonyl (C=O) groups excluding carboxylic acids is 3. The van der Waals surface area contributed by atoms with Crippen LogP contribution in [0.4, 0.5) is 11.4 Å². The first-order valence-corrected chi connectivity index (χ1v) is 9.65. The number of carbonyl (C=O) groups is 3. The van der Waals surface area contributed by atoms with Gasteiger partial charge < -0.3 is 25.0 Å². The summed E-state index contributed by atoms with van der Waals surface area (Å²) in [6.07, 6.45) is 8.05. The molecule has 3 rings (SSSR count). The van der Waals surface area contributed by atoms with Crippen molar-refractivity contribution in [3.8, 4) is 0 Å². The van der Waals surface area contributed by atoms with Crippen LogP contribution >= 0.6 is 0 Å². The summed E-state index contributed by atoms with van der Waals surface area (Å²) in [7, 11) is 2.52. The zero-order valence-electron chi connectivity index (χ0n) is 17.0. The van der Waals surface area contributed by atoms with Crippen LogP contribution in [0.3, 0.4) is 0 Å². The number of methoxy groups -OCH3 is 2. The van der Waals surface area contributed by atoms with Gasteiger partial charge in [-0.05, 0) is 49.3 Å². The standard InChI is InChI=1S/C22H25N3O5/c1-29-21(27)18-5-3-4-12-25(19(18)22(28)30-2)17-8-6-16(7-9-17)24-13-10-15(11-14-24)20(23)26/h3-9,12,15H,10-11,13-14H2,1-2H3,(H2,23,26). The maximum Gasteiger partial charge on any atom is 0.355 e. The molecule has 0 saturated carbocycles. The number of allylic oxidation sites excluding steroid dienone is 2. The van der Waals surface area contributed by atoms with Gasteiger partial charge in [-0.1, -0.05) is 6.08 Å². The number of nitrogens with zero attached hydrogens (tertiary/aromatic N) is 2. The van der Waals surface area contributed by atoms with Crippen LogP contribution in [0.5, 0.6) is 0 Å². The predicted molar refractivity (Wildman–Crippen MR) is 112 cm³/mol. The van der Waals surface area contributed by atoms with E-state index in [4.69, 9.17) is 15.2 Å². The number of hydrogen-bond acceptors (Lipinski definition) is 7. The molecule has 0 spiro atoms. The minimum Gasteiger partial charge on any atom is -0.465 e. The summed E-state index contributed by atoms with van der Waals surface area (Å²) < 4.78 is 9.74. The molecular weight excluding hydrogens is 386 g/mol. The zero-order chi connectivity index (χ0) is 21.7. The molecule has 0 aromatic heterocycles. The van der Waals surface area contributed by atoms with E-state index < -0.39 is 11.9 Å². The minimum atomic E-state index is -0.649. The van der Waals surface area contributed by atoms with Crippen LogP contribution in [-0.4, -0.2) is 45.2 Å². The smallest absolute Gasteiger partial charge is 0.355 e. The highest BCUT2D eigenvalue weighted by atomic mass is 16.5. The number of hydrogen-bond donors (Lipinski definition) is 1. The monoisotopic (exact) mass is 411 g/mol. The first-order valence-electron chi connectivity index (χ1n) is 9.65. The van der Waals surface area contributed by atoms with Crippen molar-refractivity contribution in [1.29, 1.82) is 0 Å². The lowest BCUT2D eigenvalue weighted by atomic mass is 9.96. The number of esters is 2. The molecule has 8 heteroatoms. The second-order valence-electron chi connectivity index (χ2n) is 7.00. The first kappa shape index (κ1) is 21.2. The van der Waals surface area contributed by atoms with Gasteiger partial charge in [0.05, 0.1) is 19.8 Å². The first-order chi connectivity index (χ1) is 14.5. The fourth-order valence-corrected chi connectivity index (χ4v) is 3.61. The summed E-state index contributed by atoms with van der Waals surface area (Å²) in [6.45, 7) is 1.50. The molecule has 2 aliphatic rings. The van der Waals surface area contributed by atoms with Crippen molar-refractivity contribution >= 4 is 29.2 Å². The van der Waals surface area contributed by atoms with Crippen LogP contribution in [-0.2, 0) is 23.9 Å². The minimum absolute atomic E-state index is 0.0697. The summed E-state index contributed by atoms with van der Waals surface area (Å²) in [5, 5.41) is 0. The second-order valence-corrected chi connectivity index (χ2v) is 7.00. The van der Waals surface area contributed by atoms with Gasteiger partial charge in [0.25, 0.3) is 0 Å². The summed E-state index contributed by atoms with van der Waals surface area (Å²) in [5.74, 6) is -1.59. The quantitative estimate of drug-likeness (QED) is 0.738. The van der Waals surface area contributed by atoms with Crippen LogP contribution in [0.15, 0.2) is 60.0 Å². The Morgan fingerprint density at radius 3 is 2.10 bits per heavy atom. The number of ether oxygens (including phenoxy) is 2. The van der Waals surface area contributed by atoms with Gasteiger partial charge in [-0.3, -0.25) is 4.79 Å². The fraction of sp³-hybridized carbons (Fsp3) is 0.318. The molecule has 0 bridgehead atoms. The van der Waals surface area contributed by atoms with E-state index in [2.05, 4.69) is 4.90 Å². The molecule has 0 aliphatic carbocycles. The lowest BCUT2D eigenvalue weighted by Crippen LogP contribution is -2.38. The molecule has 158 valence electrons. The molecule has 2 N–H and O–H groups in total. The highest BCUT2D eigenvalue weighted by Gasteiger charge is 2.28. The van der Waals surface area contributed by atoms with E-state index in [1.807, 2.05) is 24.3 Å². The number of anilines is 2. The van der Waals surface area contributed by atoms with Crippen molar-refractivity contribution in [3.05, 3.63) is 60.0 Å². The van der Waals surface area contributed by atoms with E-state index in [1.54, 1.807) is 23.3 Å². The summed E-state index contributed by atoms with van der Waals surface area (Å²) in [6, 6.07) is 7.61. The molecule has 0 unspecified atom stereocenters. The Morgan fingerprint density at radius 2 is 1.53 bits per heavy atom. The van der Waals surface area contributed by atoms with Crippen LogP contribution in [0.1, 0.15) is 12.8 Å². The van der Waals surface area contributed by atoms with Crippen molar-refractivity contribution in [2.75, 3.05) is 37.1 Å². The highest BCUT2D eigenvalue weighted by Crippen LogP contribution is 2.29. The molecular formula is C22H25N3O5. The zero-order valence-corrected chi connectivity index (χ0v) is 17.0. The summed E-state index contributed by atoms with van der Waals surface area (Å²) >= 11 is 0. The topological polar surface area (TPSA) is 102 Å².